The fourth-order valence-electron chi connectivity index (χ4n) is 4.96. The highest BCUT2D eigenvalue weighted by Gasteiger charge is 2.16. The number of rotatable bonds is 0. The Morgan fingerprint density at radius 2 is 1.58 bits per heavy atom. The van der Waals surface area contributed by atoms with Gasteiger partial charge in [-0.05, 0) is 36.4 Å². The molecular weight excluding hydrogens is 418 g/mol. The van der Waals surface area contributed by atoms with Crippen molar-refractivity contribution < 1.29 is 0 Å². The average Bonchev–Trinajstić information content (AvgIpc) is 3.52. The third-order valence-corrected chi connectivity index (χ3v) is 8.62. The van der Waals surface area contributed by atoms with Gasteiger partial charge in [-0.3, -0.25) is 9.38 Å². The van der Waals surface area contributed by atoms with Gasteiger partial charge in [-0.2, -0.15) is 0 Å². The number of pyridine rings is 2. The van der Waals surface area contributed by atoms with Crippen LogP contribution in [0.4, 0.5) is 0 Å². The van der Waals surface area contributed by atoms with Crippen molar-refractivity contribution in [3.8, 4) is 0 Å². The lowest BCUT2D eigenvalue weighted by Gasteiger charge is -2.07. The number of benzene rings is 3. The van der Waals surface area contributed by atoms with E-state index >= 15 is 0 Å². The summed E-state index contributed by atoms with van der Waals surface area (Å²) in [7, 11) is 0. The molecule has 0 saturated carbocycles. The Hall–Kier alpha value is -3.54. The van der Waals surface area contributed by atoms with Crippen molar-refractivity contribution in [3.63, 3.8) is 0 Å². The number of fused-ring (bicyclic) bond motifs is 13. The van der Waals surface area contributed by atoms with Crippen LogP contribution in [0.3, 0.4) is 0 Å². The summed E-state index contributed by atoms with van der Waals surface area (Å²) in [6.45, 7) is 0. The molecule has 3 nitrogen and oxygen atoms in total. The van der Waals surface area contributed by atoms with Crippen molar-refractivity contribution in [1.82, 2.24) is 14.4 Å². The predicted molar refractivity (Wildman–Crippen MR) is 134 cm³/mol. The van der Waals surface area contributed by atoms with Crippen LogP contribution in [0.5, 0.6) is 0 Å². The van der Waals surface area contributed by atoms with Crippen molar-refractivity contribution in [3.05, 3.63) is 79.3 Å². The van der Waals surface area contributed by atoms with Gasteiger partial charge in [-0.15, -0.1) is 22.7 Å². The summed E-state index contributed by atoms with van der Waals surface area (Å²) >= 11 is 3.77. The molecule has 0 radical (unpaired) electrons. The largest absolute Gasteiger partial charge is 0.299 e. The monoisotopic (exact) mass is 431 g/mol. The molecule has 0 amide bonds. The highest BCUT2D eigenvalue weighted by Crippen LogP contribution is 2.45. The summed E-state index contributed by atoms with van der Waals surface area (Å²) in [6, 6.07) is 22.1. The van der Waals surface area contributed by atoms with Crippen LogP contribution in [-0.2, 0) is 0 Å². The second kappa shape index (κ2) is 5.58. The smallest absolute Gasteiger partial charge is 0.146 e. The summed E-state index contributed by atoms with van der Waals surface area (Å²) < 4.78 is 7.58. The van der Waals surface area contributed by atoms with Gasteiger partial charge in [0.15, 0.2) is 0 Å². The Balaban J connectivity index is 1.63. The minimum atomic E-state index is 0.959. The quantitative estimate of drug-likeness (QED) is 0.230. The lowest BCUT2D eigenvalue weighted by Crippen LogP contribution is -1.91. The molecule has 8 rings (SSSR count). The minimum absolute atomic E-state index is 0.959. The number of hydrogen-bond acceptors (Lipinski definition) is 4. The Morgan fingerprint density at radius 1 is 0.645 bits per heavy atom. The molecule has 0 aliphatic rings. The average molecular weight is 432 g/mol. The molecular formula is C26H13N3S2. The van der Waals surface area contributed by atoms with Crippen LogP contribution in [0.15, 0.2) is 79.3 Å². The van der Waals surface area contributed by atoms with Crippen LogP contribution in [0, 0.1) is 0 Å². The fraction of sp³-hybridized carbons (Fsp3) is 0. The normalized spacial score (nSPS) is 12.5. The summed E-state index contributed by atoms with van der Waals surface area (Å²) in [4.78, 5) is 9.36. The molecule has 5 heteroatoms. The molecule has 8 aromatic rings. The molecule has 0 aliphatic heterocycles. The van der Waals surface area contributed by atoms with Crippen molar-refractivity contribution in [2.24, 2.45) is 0 Å². The van der Waals surface area contributed by atoms with E-state index in [2.05, 4.69) is 70.2 Å². The zero-order chi connectivity index (χ0) is 20.1. The molecule has 0 saturated heterocycles. The predicted octanol–water partition coefficient (Wildman–Crippen LogP) is 7.77. The first kappa shape index (κ1) is 16.2. The van der Waals surface area contributed by atoms with E-state index < -0.39 is 0 Å². The van der Waals surface area contributed by atoms with Gasteiger partial charge in [-0.25, -0.2) is 4.98 Å². The molecule has 0 spiro atoms. The summed E-state index contributed by atoms with van der Waals surface area (Å²) in [6.07, 6.45) is 5.80. The lowest BCUT2D eigenvalue weighted by atomic mass is 10.1. The molecule has 5 heterocycles. The zero-order valence-corrected chi connectivity index (χ0v) is 17.8. The van der Waals surface area contributed by atoms with E-state index in [0.717, 1.165) is 22.1 Å². The number of thiophene rings is 2. The van der Waals surface area contributed by atoms with E-state index in [1.807, 2.05) is 41.1 Å². The molecule has 31 heavy (non-hydrogen) atoms. The Kier molecular flexibility index (Phi) is 2.91. The molecule has 0 atom stereocenters. The van der Waals surface area contributed by atoms with Gasteiger partial charge in [0.25, 0.3) is 0 Å². The van der Waals surface area contributed by atoms with Crippen molar-refractivity contribution in [1.29, 1.82) is 0 Å². The number of hydrogen-bond donors (Lipinski definition) is 0. The third kappa shape index (κ3) is 1.98. The Bertz CT molecular complexity index is 2010. The Labute approximate surface area is 183 Å². The number of nitrogens with zero attached hydrogens (tertiary/aromatic N) is 3. The molecule has 0 aliphatic carbocycles. The van der Waals surface area contributed by atoms with Gasteiger partial charge >= 0.3 is 0 Å². The highest BCUT2D eigenvalue weighted by atomic mass is 32.1. The first-order valence-electron chi connectivity index (χ1n) is 10.2. The summed E-state index contributed by atoms with van der Waals surface area (Å²) in [5.74, 6) is 0. The summed E-state index contributed by atoms with van der Waals surface area (Å²) in [5.41, 5.74) is 3.13. The molecule has 0 unspecified atom stereocenters. The SMILES string of the molecule is c1ccc2c(c1)sc1ccc3c4cc5c(cc4sc3c12)c1ncccc1c1nccn51. The number of imidazole rings is 1. The summed E-state index contributed by atoms with van der Waals surface area (Å²) in [5, 5.41) is 7.63. The molecule has 144 valence electrons. The molecule has 0 bridgehead atoms. The van der Waals surface area contributed by atoms with Gasteiger partial charge in [0.1, 0.15) is 5.65 Å². The topological polar surface area (TPSA) is 30.2 Å². The van der Waals surface area contributed by atoms with Crippen LogP contribution in [0.1, 0.15) is 0 Å². The number of aromatic nitrogens is 3. The second-order valence-electron chi connectivity index (χ2n) is 7.90. The van der Waals surface area contributed by atoms with E-state index in [1.165, 1.54) is 45.7 Å². The van der Waals surface area contributed by atoms with Crippen LogP contribution in [0.2, 0.25) is 0 Å². The lowest BCUT2D eigenvalue weighted by molar-refractivity contribution is 1.27. The first-order chi connectivity index (χ1) is 15.4. The van der Waals surface area contributed by atoms with Gasteiger partial charge in [0, 0.05) is 69.7 Å². The Morgan fingerprint density at radius 3 is 2.58 bits per heavy atom. The van der Waals surface area contributed by atoms with Gasteiger partial charge in [0.05, 0.1) is 11.0 Å². The maximum absolute atomic E-state index is 4.74. The van der Waals surface area contributed by atoms with Gasteiger partial charge < -0.3 is 0 Å². The van der Waals surface area contributed by atoms with Gasteiger partial charge in [0.2, 0.25) is 0 Å². The third-order valence-electron chi connectivity index (χ3n) is 6.30. The zero-order valence-electron chi connectivity index (χ0n) is 16.2. The van der Waals surface area contributed by atoms with E-state index in [1.54, 1.807) is 0 Å². The van der Waals surface area contributed by atoms with E-state index in [0.29, 0.717) is 0 Å². The standard InChI is InChI=1S/C26H13N3S2/c1-2-6-20-15(4-1)23-21(30-20)8-7-14-17-12-19-18(13-22(17)31-25(14)23)24-16(5-3-9-27-24)26-28-10-11-29(19)26/h1-13H. The second-order valence-corrected chi connectivity index (χ2v) is 10.0. The van der Waals surface area contributed by atoms with Crippen LogP contribution in [0.25, 0.3) is 67.8 Å². The molecule has 3 aromatic carbocycles. The first-order valence-corrected chi connectivity index (χ1v) is 11.8. The van der Waals surface area contributed by atoms with E-state index in [-0.39, 0.29) is 0 Å². The van der Waals surface area contributed by atoms with Crippen molar-refractivity contribution in [2.45, 2.75) is 0 Å². The van der Waals surface area contributed by atoms with Crippen molar-refractivity contribution >= 4 is 90.5 Å². The minimum Gasteiger partial charge on any atom is -0.299 e. The van der Waals surface area contributed by atoms with Gasteiger partial charge in [-0.1, -0.05) is 24.3 Å². The fourth-order valence-corrected chi connectivity index (χ4v) is 7.43. The van der Waals surface area contributed by atoms with Crippen LogP contribution < -0.4 is 0 Å². The molecule has 5 aromatic heterocycles. The van der Waals surface area contributed by atoms with Crippen LogP contribution >= 0.6 is 22.7 Å². The highest BCUT2D eigenvalue weighted by molar-refractivity contribution is 7.29. The molecule has 0 fully saturated rings. The van der Waals surface area contributed by atoms with Crippen molar-refractivity contribution in [2.75, 3.05) is 0 Å². The molecule has 0 N–H and O–H groups in total. The van der Waals surface area contributed by atoms with Crippen LogP contribution in [-0.4, -0.2) is 14.4 Å². The van der Waals surface area contributed by atoms with E-state index in [9.17, 15) is 0 Å². The van der Waals surface area contributed by atoms with E-state index in [4.69, 9.17) is 4.98 Å². The maximum atomic E-state index is 4.74. The maximum Gasteiger partial charge on any atom is 0.146 e.